The second-order valence-electron chi connectivity index (χ2n) is 6.47. The summed E-state index contributed by atoms with van der Waals surface area (Å²) >= 11 is 1.44. The van der Waals surface area contributed by atoms with Gasteiger partial charge in [-0.25, -0.2) is 4.98 Å². The lowest BCUT2D eigenvalue weighted by Gasteiger charge is -2.12. The maximum absolute atomic E-state index is 12.4. The van der Waals surface area contributed by atoms with Crippen molar-refractivity contribution >= 4 is 28.6 Å². The van der Waals surface area contributed by atoms with E-state index in [1.165, 1.54) is 11.8 Å². The number of carbonyl (C=O) groups is 1. The summed E-state index contributed by atoms with van der Waals surface area (Å²) in [5.74, 6) is 1.00. The largest absolute Gasteiger partial charge is 0.459 e. The molecule has 0 aliphatic carbocycles. The Hall–Kier alpha value is -2.25. The number of thioether (sulfide) groups is 1. The number of benzene rings is 1. The molecule has 0 saturated carbocycles. The number of nitrogens with one attached hydrogen (secondary N) is 1. The van der Waals surface area contributed by atoms with Crippen molar-refractivity contribution in [3.05, 3.63) is 47.5 Å². The number of hydrogen-bond donors (Lipinski definition) is 1. The van der Waals surface area contributed by atoms with Gasteiger partial charge in [0.2, 0.25) is 5.91 Å². The fourth-order valence-corrected chi connectivity index (χ4v) is 3.81. The van der Waals surface area contributed by atoms with E-state index in [1.54, 1.807) is 7.11 Å². The molecule has 3 rings (SSSR count). The number of hydrogen-bond acceptors (Lipinski definition) is 5. The number of fused-ring (bicyclic) bond motifs is 1. The van der Waals surface area contributed by atoms with E-state index < -0.39 is 0 Å². The number of carbonyl (C=O) groups excluding carboxylic acids is 1. The third-order valence-electron chi connectivity index (χ3n) is 4.52. The zero-order valence-corrected chi connectivity index (χ0v) is 16.9. The van der Waals surface area contributed by atoms with Crippen LogP contribution in [0, 0.1) is 13.8 Å². The Balaban J connectivity index is 1.60. The average molecular weight is 388 g/mol. The van der Waals surface area contributed by atoms with Crippen LogP contribution in [0.2, 0.25) is 0 Å². The van der Waals surface area contributed by atoms with Gasteiger partial charge in [-0.05, 0) is 32.9 Å². The number of methoxy groups -OCH3 is 1. The third kappa shape index (κ3) is 4.54. The molecular weight excluding hydrogens is 362 g/mol. The van der Waals surface area contributed by atoms with Crippen LogP contribution in [-0.2, 0) is 16.1 Å². The monoisotopic (exact) mass is 387 g/mol. The van der Waals surface area contributed by atoms with Crippen molar-refractivity contribution in [3.8, 4) is 0 Å². The van der Waals surface area contributed by atoms with Crippen molar-refractivity contribution in [2.24, 2.45) is 0 Å². The number of para-hydroxylation sites is 1. The van der Waals surface area contributed by atoms with E-state index in [0.717, 1.165) is 39.8 Å². The molecule has 2 heterocycles. The highest BCUT2D eigenvalue weighted by atomic mass is 32.2. The summed E-state index contributed by atoms with van der Waals surface area (Å²) < 4.78 is 13.1. The molecule has 27 heavy (non-hydrogen) atoms. The quantitative estimate of drug-likeness (QED) is 0.594. The minimum Gasteiger partial charge on any atom is -0.459 e. The molecule has 0 aliphatic heterocycles. The minimum atomic E-state index is -0.192. The normalized spacial score (nSPS) is 12.4. The minimum absolute atomic E-state index is 0.0513. The highest BCUT2D eigenvalue weighted by Crippen LogP contribution is 2.24. The Bertz CT molecular complexity index is 899. The highest BCUT2D eigenvalue weighted by molar-refractivity contribution is 7.99. The van der Waals surface area contributed by atoms with Gasteiger partial charge in [-0.1, -0.05) is 30.0 Å². The van der Waals surface area contributed by atoms with Crippen LogP contribution in [0.4, 0.5) is 0 Å². The molecular formula is C20H25N3O3S. The molecule has 1 aromatic carbocycles. The average Bonchev–Trinajstić information content (AvgIpc) is 3.20. The molecule has 1 amide bonds. The van der Waals surface area contributed by atoms with E-state index in [-0.39, 0.29) is 11.9 Å². The van der Waals surface area contributed by atoms with Crippen molar-refractivity contribution in [3.63, 3.8) is 0 Å². The molecule has 1 atom stereocenters. The van der Waals surface area contributed by atoms with Crippen LogP contribution in [0.15, 0.2) is 39.9 Å². The number of aromatic nitrogens is 2. The molecule has 144 valence electrons. The summed E-state index contributed by atoms with van der Waals surface area (Å²) in [5, 5.41) is 4.87. The second-order valence-corrected chi connectivity index (χ2v) is 7.42. The molecule has 2 aromatic heterocycles. The summed E-state index contributed by atoms with van der Waals surface area (Å²) in [6.45, 7) is 7.27. The Kier molecular flexibility index (Phi) is 6.23. The van der Waals surface area contributed by atoms with E-state index in [4.69, 9.17) is 9.15 Å². The fourth-order valence-electron chi connectivity index (χ4n) is 2.88. The van der Waals surface area contributed by atoms with Gasteiger partial charge in [0.1, 0.15) is 11.3 Å². The number of imidazole rings is 1. The Labute approximate surface area is 163 Å². The van der Waals surface area contributed by atoms with Gasteiger partial charge < -0.3 is 19.0 Å². The van der Waals surface area contributed by atoms with Gasteiger partial charge in [0.15, 0.2) is 5.16 Å². The number of ether oxygens (including phenoxy) is 1. The predicted molar refractivity (Wildman–Crippen MR) is 107 cm³/mol. The van der Waals surface area contributed by atoms with E-state index >= 15 is 0 Å². The van der Waals surface area contributed by atoms with E-state index in [1.807, 2.05) is 51.1 Å². The molecule has 3 aromatic rings. The zero-order chi connectivity index (χ0) is 19.4. The molecule has 6 nitrogen and oxygen atoms in total. The Morgan fingerprint density at radius 2 is 2.15 bits per heavy atom. The maximum Gasteiger partial charge on any atom is 0.231 e. The smallest absolute Gasteiger partial charge is 0.231 e. The highest BCUT2D eigenvalue weighted by Gasteiger charge is 2.16. The van der Waals surface area contributed by atoms with E-state index in [2.05, 4.69) is 14.9 Å². The van der Waals surface area contributed by atoms with Gasteiger partial charge in [-0.3, -0.25) is 4.79 Å². The number of furan rings is 1. The molecule has 7 heteroatoms. The third-order valence-corrected chi connectivity index (χ3v) is 5.50. The SMILES string of the molecule is COCCn1c(SCC(=O)N[C@@H](C)c2cc3ccccc3o2)nc(C)c1C. The fraction of sp³-hybridized carbons (Fsp3) is 0.400. The summed E-state index contributed by atoms with van der Waals surface area (Å²) in [4.78, 5) is 17.0. The van der Waals surface area contributed by atoms with Crippen LogP contribution >= 0.6 is 11.8 Å². The van der Waals surface area contributed by atoms with Gasteiger partial charge in [0, 0.05) is 24.7 Å². The van der Waals surface area contributed by atoms with Gasteiger partial charge in [0.25, 0.3) is 0 Å². The lowest BCUT2D eigenvalue weighted by atomic mass is 10.2. The molecule has 0 fully saturated rings. The molecule has 0 unspecified atom stereocenters. The lowest BCUT2D eigenvalue weighted by Crippen LogP contribution is -2.28. The predicted octanol–water partition coefficient (Wildman–Crippen LogP) is 3.86. The standard InChI is InChI=1S/C20H25N3O3S/c1-13-15(3)23(9-10-25-4)20(22-13)27-12-19(24)21-14(2)18-11-16-7-5-6-8-17(16)26-18/h5-8,11,14H,9-10,12H2,1-4H3,(H,21,24)/t14-/m0/s1. The van der Waals surface area contributed by atoms with Crippen LogP contribution in [0.3, 0.4) is 0 Å². The molecule has 0 bridgehead atoms. The molecule has 0 spiro atoms. The Morgan fingerprint density at radius 3 is 2.89 bits per heavy atom. The van der Waals surface area contributed by atoms with E-state index in [0.29, 0.717) is 12.4 Å². The number of amides is 1. The van der Waals surface area contributed by atoms with Crippen molar-refractivity contribution in [1.82, 2.24) is 14.9 Å². The molecule has 1 N–H and O–H groups in total. The first-order valence-corrected chi connectivity index (χ1v) is 9.91. The second kappa shape index (κ2) is 8.63. The summed E-state index contributed by atoms with van der Waals surface area (Å²) in [6.07, 6.45) is 0. The Morgan fingerprint density at radius 1 is 1.37 bits per heavy atom. The van der Waals surface area contributed by atoms with Gasteiger partial charge in [0.05, 0.1) is 24.1 Å². The summed E-state index contributed by atoms with van der Waals surface area (Å²) in [6, 6.07) is 9.60. The molecule has 0 radical (unpaired) electrons. The van der Waals surface area contributed by atoms with Crippen LogP contribution in [0.1, 0.15) is 30.1 Å². The van der Waals surface area contributed by atoms with Crippen molar-refractivity contribution in [2.75, 3.05) is 19.5 Å². The van der Waals surface area contributed by atoms with Gasteiger partial charge in [-0.15, -0.1) is 0 Å². The lowest BCUT2D eigenvalue weighted by molar-refractivity contribution is -0.119. The van der Waals surface area contributed by atoms with Crippen molar-refractivity contribution in [2.45, 2.75) is 38.5 Å². The maximum atomic E-state index is 12.4. The number of nitrogens with zero attached hydrogens (tertiary/aromatic N) is 2. The van der Waals surface area contributed by atoms with Crippen LogP contribution in [-0.4, -0.2) is 34.9 Å². The van der Waals surface area contributed by atoms with E-state index in [9.17, 15) is 4.79 Å². The molecule has 0 saturated heterocycles. The molecule has 0 aliphatic rings. The van der Waals surface area contributed by atoms with Crippen molar-refractivity contribution in [1.29, 1.82) is 0 Å². The van der Waals surface area contributed by atoms with Crippen molar-refractivity contribution < 1.29 is 13.9 Å². The number of rotatable bonds is 8. The topological polar surface area (TPSA) is 69.3 Å². The zero-order valence-electron chi connectivity index (χ0n) is 16.1. The van der Waals surface area contributed by atoms with Crippen LogP contribution < -0.4 is 5.32 Å². The first-order chi connectivity index (χ1) is 13.0. The van der Waals surface area contributed by atoms with Gasteiger partial charge in [-0.2, -0.15) is 0 Å². The first-order valence-electron chi connectivity index (χ1n) is 8.93. The summed E-state index contributed by atoms with van der Waals surface area (Å²) in [5.41, 5.74) is 2.91. The van der Waals surface area contributed by atoms with Crippen LogP contribution in [0.5, 0.6) is 0 Å². The van der Waals surface area contributed by atoms with Gasteiger partial charge >= 0.3 is 0 Å². The van der Waals surface area contributed by atoms with Crippen LogP contribution in [0.25, 0.3) is 11.0 Å². The first kappa shape index (κ1) is 19.5. The number of aryl methyl sites for hydroxylation is 1. The summed E-state index contributed by atoms with van der Waals surface area (Å²) in [7, 11) is 1.68.